The van der Waals surface area contributed by atoms with Gasteiger partial charge in [-0.15, -0.1) is 0 Å². The second-order valence-corrected chi connectivity index (χ2v) is 12.3. The van der Waals surface area contributed by atoms with Crippen LogP contribution < -0.4 is 4.74 Å². The predicted octanol–water partition coefficient (Wildman–Crippen LogP) is 1.79. The maximum absolute atomic E-state index is 13.2. The van der Waals surface area contributed by atoms with Crippen LogP contribution >= 0.6 is 0 Å². The fraction of sp³-hybridized carbons (Fsp3) is 0.458. The summed E-state index contributed by atoms with van der Waals surface area (Å²) in [4.78, 5) is 33.0. The number of carbonyl (C=O) groups is 2. The summed E-state index contributed by atoms with van der Waals surface area (Å²) >= 11 is 0. The summed E-state index contributed by atoms with van der Waals surface area (Å²) < 4.78 is 66.7. The van der Waals surface area contributed by atoms with Gasteiger partial charge in [0, 0.05) is 44.2 Å². The number of halogens is 3. The van der Waals surface area contributed by atoms with E-state index in [-0.39, 0.29) is 35.1 Å². The zero-order valence-corrected chi connectivity index (χ0v) is 21.4. The topological polar surface area (TPSA) is 138 Å². The van der Waals surface area contributed by atoms with E-state index in [0.29, 0.717) is 42.8 Å². The Kier molecular flexibility index (Phi) is 5.82. The molecular weight excluding hydrogens is 541 g/mol. The molecule has 1 N–H and O–H groups in total. The van der Waals surface area contributed by atoms with Crippen LogP contribution in [0.2, 0.25) is 0 Å². The molecule has 6 rings (SSSR count). The third kappa shape index (κ3) is 4.57. The smallest absolute Gasteiger partial charge is 0.422 e. The van der Waals surface area contributed by atoms with E-state index in [2.05, 4.69) is 25.1 Å². The van der Waals surface area contributed by atoms with Crippen molar-refractivity contribution in [1.29, 1.82) is 0 Å². The molecule has 11 nitrogen and oxygen atoms in total. The lowest BCUT2D eigenvalue weighted by Gasteiger charge is -2.42. The number of alkyl halides is 3. The van der Waals surface area contributed by atoms with E-state index in [1.54, 1.807) is 23.1 Å². The molecule has 3 aliphatic rings. The number of nitrogens with zero attached hydrogens (tertiary/aromatic N) is 5. The first kappa shape index (κ1) is 25.5. The van der Waals surface area contributed by atoms with E-state index in [1.807, 2.05) is 4.90 Å². The average molecular weight is 565 g/mol. The summed E-state index contributed by atoms with van der Waals surface area (Å²) in [7, 11) is -4.02. The number of benzene rings is 1. The molecule has 1 aromatic carbocycles. The largest absolute Gasteiger partial charge is 0.467 e. The number of hydrogen-bond acceptors (Lipinski definition) is 8. The van der Waals surface area contributed by atoms with E-state index < -0.39 is 39.3 Å². The molecule has 206 valence electrons. The van der Waals surface area contributed by atoms with E-state index >= 15 is 0 Å². The van der Waals surface area contributed by atoms with E-state index in [1.165, 1.54) is 0 Å². The van der Waals surface area contributed by atoms with Crippen molar-refractivity contribution in [2.45, 2.75) is 11.1 Å². The van der Waals surface area contributed by atoms with Gasteiger partial charge in [-0.05, 0) is 47.9 Å². The van der Waals surface area contributed by atoms with Crippen molar-refractivity contribution in [1.82, 2.24) is 30.2 Å². The van der Waals surface area contributed by atoms with Gasteiger partial charge in [0.25, 0.3) is 11.8 Å². The molecule has 0 bridgehead atoms. The lowest BCUT2D eigenvalue weighted by atomic mass is 9.60. The maximum Gasteiger partial charge on any atom is 0.422 e. The quantitative estimate of drug-likeness (QED) is 0.495. The van der Waals surface area contributed by atoms with E-state index in [0.717, 1.165) is 18.5 Å². The van der Waals surface area contributed by atoms with Crippen LogP contribution in [0.15, 0.2) is 35.4 Å². The van der Waals surface area contributed by atoms with Crippen molar-refractivity contribution in [2.75, 3.05) is 39.0 Å². The second-order valence-electron chi connectivity index (χ2n) is 10.3. The zero-order chi connectivity index (χ0) is 27.7. The second kappa shape index (κ2) is 8.89. The minimum Gasteiger partial charge on any atom is -0.467 e. The van der Waals surface area contributed by atoms with Gasteiger partial charge < -0.3 is 14.5 Å². The summed E-state index contributed by atoms with van der Waals surface area (Å²) in [6.45, 7) is 0.335. The molecule has 0 unspecified atom stereocenters. The Labute approximate surface area is 220 Å². The third-order valence-electron chi connectivity index (χ3n) is 7.90. The van der Waals surface area contributed by atoms with Crippen LogP contribution in [0.5, 0.6) is 5.88 Å². The highest BCUT2D eigenvalue weighted by Gasteiger charge is 2.59. The number of aromatic amines is 1. The summed E-state index contributed by atoms with van der Waals surface area (Å²) in [5.74, 6) is -0.331. The lowest BCUT2D eigenvalue weighted by molar-refractivity contribution is -0.154. The molecule has 2 aromatic heterocycles. The number of ether oxygens (including phenoxy) is 1. The van der Waals surface area contributed by atoms with Crippen LogP contribution in [-0.2, 0) is 9.84 Å². The van der Waals surface area contributed by atoms with Crippen LogP contribution in [0.25, 0.3) is 11.0 Å². The maximum atomic E-state index is 13.2. The Balaban J connectivity index is 1.13. The van der Waals surface area contributed by atoms with Gasteiger partial charge in [0.05, 0.1) is 5.56 Å². The van der Waals surface area contributed by atoms with Crippen LogP contribution in [0, 0.1) is 23.7 Å². The molecule has 1 aliphatic carbocycles. The summed E-state index contributed by atoms with van der Waals surface area (Å²) in [5.41, 5.74) is 1.79. The standard InChI is InChI=1S/C24H23F3N6O5S/c1-39(36,37)20-5-13(6-28-21(20)38-11-24(25,26)27)23(35)33-9-16-14-7-32(8-15(14)17(16)10-33)22(34)12-2-3-18-19(4-12)30-31-29-18/h2-6,14-17H,7-11H2,1H3,(H,29,30,31)/t14-,15+,16+,17-. The number of likely N-dealkylation sites (tertiary alicyclic amines) is 2. The number of H-pyrrole nitrogens is 1. The molecular formula is C24H23F3N6O5S. The predicted molar refractivity (Wildman–Crippen MR) is 129 cm³/mol. The lowest BCUT2D eigenvalue weighted by Crippen LogP contribution is -2.44. The van der Waals surface area contributed by atoms with Crippen LogP contribution in [0.4, 0.5) is 13.2 Å². The van der Waals surface area contributed by atoms with Gasteiger partial charge in [-0.1, -0.05) is 0 Å². The first-order chi connectivity index (χ1) is 18.4. The van der Waals surface area contributed by atoms with Crippen LogP contribution in [0.1, 0.15) is 20.7 Å². The van der Waals surface area contributed by atoms with Gasteiger partial charge in [-0.2, -0.15) is 28.6 Å². The number of carbonyl (C=O) groups excluding carboxylic acids is 2. The van der Waals surface area contributed by atoms with Crippen molar-refractivity contribution in [2.24, 2.45) is 23.7 Å². The van der Waals surface area contributed by atoms with Gasteiger partial charge in [-0.3, -0.25) is 9.59 Å². The molecule has 0 radical (unpaired) electrons. The Morgan fingerprint density at radius 1 is 0.949 bits per heavy atom. The molecule has 0 spiro atoms. The van der Waals surface area contributed by atoms with E-state index in [4.69, 9.17) is 0 Å². The molecule has 2 saturated heterocycles. The average Bonchev–Trinajstić information content (AvgIpc) is 3.59. The first-order valence-corrected chi connectivity index (χ1v) is 14.1. The van der Waals surface area contributed by atoms with Gasteiger partial charge >= 0.3 is 6.18 Å². The highest BCUT2D eigenvalue weighted by Crippen LogP contribution is 2.54. The Morgan fingerprint density at radius 2 is 1.51 bits per heavy atom. The molecule has 3 fully saturated rings. The monoisotopic (exact) mass is 564 g/mol. The normalized spacial score (nSPS) is 24.4. The van der Waals surface area contributed by atoms with Crippen molar-refractivity contribution in [3.63, 3.8) is 0 Å². The number of sulfone groups is 1. The Morgan fingerprint density at radius 3 is 2.08 bits per heavy atom. The molecule has 2 amide bonds. The fourth-order valence-electron chi connectivity index (χ4n) is 6.12. The SMILES string of the molecule is CS(=O)(=O)c1cc(C(=O)N2C[C@@H]3[C@H](C2)[C@H]2CN(C(=O)c4ccc5n[nH]nc5c4)C[C@@H]32)cnc1OCC(F)(F)F. The molecule has 4 heterocycles. The van der Waals surface area contributed by atoms with Crippen LogP contribution in [0.3, 0.4) is 0 Å². The van der Waals surface area contributed by atoms with Crippen LogP contribution in [-0.4, -0.2) is 95.6 Å². The molecule has 4 atom stereocenters. The third-order valence-corrected chi connectivity index (χ3v) is 8.99. The van der Waals surface area contributed by atoms with Gasteiger partial charge in [0.1, 0.15) is 15.9 Å². The number of fused-ring (bicyclic) bond motifs is 5. The highest BCUT2D eigenvalue weighted by molar-refractivity contribution is 7.90. The van der Waals surface area contributed by atoms with Gasteiger partial charge in [0.2, 0.25) is 5.88 Å². The van der Waals surface area contributed by atoms with Gasteiger partial charge in [-0.25, -0.2) is 13.4 Å². The number of pyridine rings is 1. The zero-order valence-electron chi connectivity index (χ0n) is 20.6. The van der Waals surface area contributed by atoms with Crippen molar-refractivity contribution < 1.29 is 35.9 Å². The Hall–Kier alpha value is -3.75. The first-order valence-electron chi connectivity index (χ1n) is 12.2. The van der Waals surface area contributed by atoms with E-state index in [9.17, 15) is 31.2 Å². The summed E-state index contributed by atoms with van der Waals surface area (Å²) in [6, 6.07) is 6.20. The minimum absolute atomic E-state index is 0.0405. The molecule has 15 heteroatoms. The number of hydrogen-bond donors (Lipinski definition) is 1. The molecule has 39 heavy (non-hydrogen) atoms. The van der Waals surface area contributed by atoms with Crippen molar-refractivity contribution in [3.8, 4) is 5.88 Å². The van der Waals surface area contributed by atoms with Gasteiger partial charge in [0.15, 0.2) is 16.4 Å². The number of nitrogens with one attached hydrogen (secondary N) is 1. The highest BCUT2D eigenvalue weighted by atomic mass is 32.2. The number of rotatable bonds is 5. The molecule has 3 aromatic rings. The Bertz CT molecular complexity index is 1570. The molecule has 1 saturated carbocycles. The fourth-order valence-corrected chi connectivity index (χ4v) is 6.89. The summed E-state index contributed by atoms with van der Waals surface area (Å²) in [6.07, 6.45) is -2.83. The molecule has 2 aliphatic heterocycles. The van der Waals surface area contributed by atoms with Crippen molar-refractivity contribution in [3.05, 3.63) is 41.6 Å². The summed E-state index contributed by atoms with van der Waals surface area (Å²) in [5, 5.41) is 10.6. The number of aromatic nitrogens is 4. The minimum atomic E-state index is -4.68. The number of amides is 2. The van der Waals surface area contributed by atoms with Crippen molar-refractivity contribution >= 4 is 32.7 Å².